The monoisotopic (exact) mass is 432 g/mol. The zero-order chi connectivity index (χ0) is 22.4. The van der Waals surface area contributed by atoms with Gasteiger partial charge in [-0.1, -0.05) is 36.4 Å². The van der Waals surface area contributed by atoms with Crippen molar-refractivity contribution in [3.63, 3.8) is 0 Å². The number of fused-ring (bicyclic) bond motifs is 1. The molecule has 7 nitrogen and oxygen atoms in total. The number of carbonyl (C=O) groups is 2. The number of rotatable bonds is 2. The van der Waals surface area contributed by atoms with Gasteiger partial charge in [-0.05, 0) is 35.2 Å². The van der Waals surface area contributed by atoms with Crippen LogP contribution < -0.4 is 5.32 Å². The molecule has 0 spiro atoms. The predicted molar refractivity (Wildman–Crippen MR) is 107 cm³/mol. The van der Waals surface area contributed by atoms with Crippen molar-refractivity contribution in [2.75, 3.05) is 11.9 Å². The van der Waals surface area contributed by atoms with Crippen LogP contribution in [0.15, 0.2) is 60.9 Å². The topological polar surface area (TPSA) is 98.3 Å². The molecule has 0 saturated carbocycles. The molecule has 0 unspecified atom stereocenters. The van der Waals surface area contributed by atoms with Gasteiger partial charge in [-0.2, -0.15) is 18.3 Å². The van der Waals surface area contributed by atoms with Crippen molar-refractivity contribution in [2.24, 2.45) is 0 Å². The second-order valence-corrected chi connectivity index (χ2v) is 6.74. The Kier molecular flexibility index (Phi) is 6.58. The Morgan fingerprint density at radius 1 is 1.03 bits per heavy atom. The maximum Gasteiger partial charge on any atom is 0.490 e. The zero-order valence-electron chi connectivity index (χ0n) is 16.2. The third-order valence-electron chi connectivity index (χ3n) is 4.63. The first-order valence-electron chi connectivity index (χ1n) is 9.26. The van der Waals surface area contributed by atoms with Crippen molar-refractivity contribution < 1.29 is 27.9 Å². The highest BCUT2D eigenvalue weighted by atomic mass is 19.4. The number of carbonyl (C=O) groups excluding carboxylic acids is 1. The van der Waals surface area contributed by atoms with E-state index in [1.54, 1.807) is 6.20 Å². The number of aliphatic carboxylic acids is 1. The van der Waals surface area contributed by atoms with Crippen molar-refractivity contribution in [1.29, 1.82) is 0 Å². The van der Waals surface area contributed by atoms with Crippen LogP contribution in [0.5, 0.6) is 0 Å². The van der Waals surface area contributed by atoms with Gasteiger partial charge in [0.05, 0.1) is 6.20 Å². The highest BCUT2D eigenvalue weighted by molar-refractivity contribution is 5.89. The van der Waals surface area contributed by atoms with Crippen LogP contribution in [0.4, 0.5) is 23.7 Å². The number of amides is 2. The van der Waals surface area contributed by atoms with Crippen LogP contribution in [0.2, 0.25) is 0 Å². The molecule has 10 heteroatoms. The van der Waals surface area contributed by atoms with Crippen molar-refractivity contribution >= 4 is 17.7 Å². The minimum absolute atomic E-state index is 0.0550. The fourth-order valence-electron chi connectivity index (χ4n) is 3.03. The summed E-state index contributed by atoms with van der Waals surface area (Å²) >= 11 is 0. The molecular formula is C21H19F3N4O3. The highest BCUT2D eigenvalue weighted by Crippen LogP contribution is 2.22. The minimum atomic E-state index is -5.08. The van der Waals surface area contributed by atoms with Crippen LogP contribution in [0.3, 0.4) is 0 Å². The third-order valence-corrected chi connectivity index (χ3v) is 4.63. The van der Waals surface area contributed by atoms with Crippen molar-refractivity contribution in [1.82, 2.24) is 15.1 Å². The van der Waals surface area contributed by atoms with E-state index >= 15 is 0 Å². The van der Waals surface area contributed by atoms with Gasteiger partial charge in [0, 0.05) is 30.5 Å². The molecule has 1 aromatic heterocycles. The number of alkyl halides is 3. The van der Waals surface area contributed by atoms with Gasteiger partial charge in [-0.3, -0.25) is 5.10 Å². The van der Waals surface area contributed by atoms with Crippen LogP contribution in [0.1, 0.15) is 11.1 Å². The first-order valence-corrected chi connectivity index (χ1v) is 9.26. The molecule has 4 rings (SSSR count). The smallest absolute Gasteiger partial charge is 0.475 e. The maximum atomic E-state index is 12.5. The Labute approximate surface area is 175 Å². The summed E-state index contributed by atoms with van der Waals surface area (Å²) in [7, 11) is 0. The van der Waals surface area contributed by atoms with Gasteiger partial charge >= 0.3 is 18.2 Å². The van der Waals surface area contributed by atoms with Gasteiger partial charge in [-0.25, -0.2) is 9.59 Å². The average Bonchev–Trinajstić information content (AvgIpc) is 3.28. The summed E-state index contributed by atoms with van der Waals surface area (Å²) in [5.41, 5.74) is 5.46. The molecular weight excluding hydrogens is 413 g/mol. The SMILES string of the molecule is O=C(Nc1ccc(-c2cn[nH]c2)cc1)N1CCc2ccccc2C1.O=C(O)C(F)(F)F. The van der Waals surface area contributed by atoms with Crippen molar-refractivity contribution in [2.45, 2.75) is 19.1 Å². The van der Waals surface area contributed by atoms with Gasteiger partial charge in [-0.15, -0.1) is 0 Å². The molecule has 3 N–H and O–H groups in total. The highest BCUT2D eigenvalue weighted by Gasteiger charge is 2.38. The second kappa shape index (κ2) is 9.33. The van der Waals surface area contributed by atoms with E-state index in [-0.39, 0.29) is 6.03 Å². The standard InChI is InChI=1S/C19H18N4O.C2HF3O2/c24-19(23-10-9-14-3-1-2-4-16(14)13-23)22-18-7-5-15(6-8-18)17-11-20-21-12-17;3-2(4,5)1(6)7/h1-8,11-12H,9-10,13H2,(H,20,21)(H,22,24);(H,6,7). The van der Waals surface area contributed by atoms with Crippen molar-refractivity contribution in [3.05, 3.63) is 72.1 Å². The lowest BCUT2D eigenvalue weighted by molar-refractivity contribution is -0.192. The summed E-state index contributed by atoms with van der Waals surface area (Å²) in [6.45, 7) is 1.41. The number of carboxylic acids is 1. The normalized spacial score (nSPS) is 12.9. The predicted octanol–water partition coefficient (Wildman–Crippen LogP) is 4.30. The van der Waals surface area contributed by atoms with E-state index in [0.717, 1.165) is 29.8 Å². The summed E-state index contributed by atoms with van der Waals surface area (Å²) in [4.78, 5) is 23.2. The molecule has 0 atom stereocenters. The van der Waals surface area contributed by atoms with Crippen LogP contribution >= 0.6 is 0 Å². The van der Waals surface area contributed by atoms with E-state index in [2.05, 4.69) is 33.7 Å². The first-order chi connectivity index (χ1) is 14.7. The van der Waals surface area contributed by atoms with Crippen LogP contribution in [0.25, 0.3) is 11.1 Å². The molecule has 0 saturated heterocycles. The van der Waals surface area contributed by atoms with Gasteiger partial charge in [0.1, 0.15) is 0 Å². The number of anilines is 1. The van der Waals surface area contributed by atoms with E-state index in [1.165, 1.54) is 11.1 Å². The molecule has 2 aromatic carbocycles. The summed E-state index contributed by atoms with van der Waals surface area (Å²) in [5, 5.41) is 16.9. The van der Waals surface area contributed by atoms with Crippen molar-refractivity contribution in [3.8, 4) is 11.1 Å². The summed E-state index contributed by atoms with van der Waals surface area (Å²) < 4.78 is 31.7. The Hall–Kier alpha value is -3.82. The van der Waals surface area contributed by atoms with Gasteiger partial charge < -0.3 is 15.3 Å². The molecule has 162 valence electrons. The third kappa shape index (κ3) is 5.84. The molecule has 2 heterocycles. The molecule has 0 aliphatic carbocycles. The number of aromatic amines is 1. The maximum absolute atomic E-state index is 12.5. The van der Waals surface area contributed by atoms with Crippen LogP contribution in [-0.2, 0) is 17.8 Å². The van der Waals surface area contributed by atoms with E-state index in [1.807, 2.05) is 41.4 Å². The summed E-state index contributed by atoms with van der Waals surface area (Å²) in [6, 6.07) is 16.0. The number of benzene rings is 2. The number of hydrogen-bond acceptors (Lipinski definition) is 3. The minimum Gasteiger partial charge on any atom is -0.475 e. The van der Waals surface area contributed by atoms with Gasteiger partial charge in [0.2, 0.25) is 0 Å². The molecule has 1 aliphatic rings. The molecule has 1 aliphatic heterocycles. The summed E-state index contributed by atoms with van der Waals surface area (Å²) in [6.07, 6.45) is -0.555. The second-order valence-electron chi connectivity index (χ2n) is 6.74. The zero-order valence-corrected chi connectivity index (χ0v) is 16.2. The number of halogens is 3. The van der Waals surface area contributed by atoms with E-state index in [4.69, 9.17) is 9.90 Å². The number of nitrogens with one attached hydrogen (secondary N) is 2. The molecule has 2 amide bonds. The number of hydrogen-bond donors (Lipinski definition) is 3. The number of urea groups is 1. The Bertz CT molecular complexity index is 1030. The lowest BCUT2D eigenvalue weighted by atomic mass is 10.0. The Morgan fingerprint density at radius 2 is 1.68 bits per heavy atom. The lowest BCUT2D eigenvalue weighted by Gasteiger charge is -2.29. The molecule has 31 heavy (non-hydrogen) atoms. The van der Waals surface area contributed by atoms with Crippen LogP contribution in [0, 0.1) is 0 Å². The number of H-pyrrole nitrogens is 1. The summed E-state index contributed by atoms with van der Waals surface area (Å²) in [5.74, 6) is -2.76. The molecule has 0 fully saturated rings. The number of carboxylic acid groups (broad SMARTS) is 1. The fourth-order valence-corrected chi connectivity index (χ4v) is 3.03. The number of nitrogens with zero attached hydrogens (tertiary/aromatic N) is 2. The lowest BCUT2D eigenvalue weighted by Crippen LogP contribution is -2.38. The molecule has 0 bridgehead atoms. The quantitative estimate of drug-likeness (QED) is 0.562. The van der Waals surface area contributed by atoms with Gasteiger partial charge in [0.15, 0.2) is 0 Å². The number of aromatic nitrogens is 2. The van der Waals surface area contributed by atoms with E-state index in [0.29, 0.717) is 6.54 Å². The van der Waals surface area contributed by atoms with E-state index < -0.39 is 12.1 Å². The molecule has 3 aromatic rings. The van der Waals surface area contributed by atoms with Crippen LogP contribution in [-0.4, -0.2) is 44.9 Å². The largest absolute Gasteiger partial charge is 0.490 e. The van der Waals surface area contributed by atoms with Gasteiger partial charge in [0.25, 0.3) is 0 Å². The Balaban J connectivity index is 0.000000339. The van der Waals surface area contributed by atoms with E-state index in [9.17, 15) is 18.0 Å². The Morgan fingerprint density at radius 3 is 2.26 bits per heavy atom. The fraction of sp³-hybridized carbons (Fsp3) is 0.190. The molecule has 0 radical (unpaired) electrons. The first kappa shape index (κ1) is 21.9. The average molecular weight is 432 g/mol.